The van der Waals surface area contributed by atoms with Gasteiger partial charge in [-0.05, 0) is 17.7 Å². The molecule has 2 aromatic heterocycles. The zero-order valence-corrected chi connectivity index (χ0v) is 12.4. The number of rotatable bonds is 5. The molecule has 0 spiro atoms. The maximum atomic E-state index is 12.4. The highest BCUT2D eigenvalue weighted by atomic mass is 32.1. The second kappa shape index (κ2) is 7.08. The highest BCUT2D eigenvalue weighted by Gasteiger charge is 2.17. The van der Waals surface area contributed by atoms with Crippen molar-refractivity contribution in [3.05, 3.63) is 46.4 Å². The van der Waals surface area contributed by atoms with Crippen molar-refractivity contribution >= 4 is 29.9 Å². The molecule has 0 fully saturated rings. The Labute approximate surface area is 127 Å². The number of carbonyl (C=O) groups excluding carboxylic acids is 1. The molecule has 0 N–H and O–H groups in total. The van der Waals surface area contributed by atoms with Gasteiger partial charge in [0.2, 0.25) is 0 Å². The lowest BCUT2D eigenvalue weighted by molar-refractivity contribution is 0.0751. The van der Waals surface area contributed by atoms with Crippen LogP contribution < -0.4 is 0 Å². The molecule has 0 aromatic carbocycles. The third-order valence-electron chi connectivity index (χ3n) is 2.67. The number of carbonyl (C=O) groups is 1. The minimum absolute atomic E-state index is 0.0746. The maximum Gasteiger partial charge on any atom is 0.264 e. The van der Waals surface area contributed by atoms with Crippen molar-refractivity contribution in [2.24, 2.45) is 0 Å². The topological polar surface area (TPSA) is 57.0 Å². The standard InChI is InChI=1S/C14H13N3OS2/c15-4-2-6-17(9-11-3-1-5-16-8-11)14(18)13-7-12(19)10-20-13/h1,3,5,7-8,10,19H,2,6,9H2. The Morgan fingerprint density at radius 3 is 3.00 bits per heavy atom. The van der Waals surface area contributed by atoms with Gasteiger partial charge in [-0.2, -0.15) is 5.26 Å². The minimum atomic E-state index is -0.0746. The van der Waals surface area contributed by atoms with Crippen molar-refractivity contribution < 1.29 is 4.79 Å². The van der Waals surface area contributed by atoms with Gasteiger partial charge in [0.1, 0.15) is 0 Å². The lowest BCUT2D eigenvalue weighted by Gasteiger charge is -2.20. The number of thiophene rings is 1. The zero-order valence-electron chi connectivity index (χ0n) is 10.7. The van der Waals surface area contributed by atoms with E-state index in [-0.39, 0.29) is 5.91 Å². The first kappa shape index (κ1) is 14.6. The Balaban J connectivity index is 2.15. The van der Waals surface area contributed by atoms with Gasteiger partial charge in [-0.25, -0.2) is 0 Å². The maximum absolute atomic E-state index is 12.4. The Bertz CT molecular complexity index is 619. The van der Waals surface area contributed by atoms with Crippen LogP contribution in [0.25, 0.3) is 0 Å². The number of hydrogen-bond acceptors (Lipinski definition) is 5. The molecule has 0 aliphatic rings. The summed E-state index contributed by atoms with van der Waals surface area (Å²) in [6.07, 6.45) is 3.73. The summed E-state index contributed by atoms with van der Waals surface area (Å²) >= 11 is 5.58. The van der Waals surface area contributed by atoms with Crippen LogP contribution in [0.15, 0.2) is 40.9 Å². The summed E-state index contributed by atoms with van der Waals surface area (Å²) in [4.78, 5) is 19.6. The number of thiol groups is 1. The Kier molecular flexibility index (Phi) is 5.16. The Morgan fingerprint density at radius 1 is 1.55 bits per heavy atom. The van der Waals surface area contributed by atoms with Crippen LogP contribution in [0, 0.1) is 11.3 Å². The van der Waals surface area contributed by atoms with E-state index >= 15 is 0 Å². The molecule has 0 bridgehead atoms. The lowest BCUT2D eigenvalue weighted by atomic mass is 10.2. The molecule has 0 atom stereocenters. The second-order valence-corrected chi connectivity index (χ2v) is 5.59. The number of nitrogens with zero attached hydrogens (tertiary/aromatic N) is 3. The summed E-state index contributed by atoms with van der Waals surface area (Å²) < 4.78 is 0. The molecule has 2 rings (SSSR count). The molecule has 6 heteroatoms. The van der Waals surface area contributed by atoms with Crippen molar-refractivity contribution in [1.29, 1.82) is 5.26 Å². The average molecular weight is 303 g/mol. The summed E-state index contributed by atoms with van der Waals surface area (Å²) in [5.41, 5.74) is 0.946. The van der Waals surface area contributed by atoms with Crippen LogP contribution in [0.5, 0.6) is 0 Å². The fraction of sp³-hybridized carbons (Fsp3) is 0.214. The lowest BCUT2D eigenvalue weighted by Crippen LogP contribution is -2.30. The smallest absolute Gasteiger partial charge is 0.264 e. The second-order valence-electron chi connectivity index (χ2n) is 4.17. The number of nitriles is 1. The molecule has 0 saturated carbocycles. The summed E-state index contributed by atoms with van der Waals surface area (Å²) in [6.45, 7) is 0.859. The SMILES string of the molecule is N#CCCN(Cc1cccnc1)C(=O)c1cc(S)cs1. The van der Waals surface area contributed by atoms with E-state index in [1.807, 2.05) is 17.5 Å². The van der Waals surface area contributed by atoms with Crippen LogP contribution in [0.2, 0.25) is 0 Å². The molecule has 0 aliphatic heterocycles. The van der Waals surface area contributed by atoms with Crippen LogP contribution in [0.1, 0.15) is 21.7 Å². The van der Waals surface area contributed by atoms with Crippen molar-refractivity contribution in [1.82, 2.24) is 9.88 Å². The van der Waals surface area contributed by atoms with Crippen molar-refractivity contribution in [3.63, 3.8) is 0 Å². The molecule has 4 nitrogen and oxygen atoms in total. The zero-order chi connectivity index (χ0) is 14.4. The third-order valence-corrected chi connectivity index (χ3v) is 4.02. The van der Waals surface area contributed by atoms with Crippen molar-refractivity contribution in [2.45, 2.75) is 17.9 Å². The molecule has 0 saturated heterocycles. The molecule has 0 radical (unpaired) electrons. The van der Waals surface area contributed by atoms with Crippen LogP contribution in [-0.4, -0.2) is 22.3 Å². The molecule has 102 valence electrons. The van der Waals surface area contributed by atoms with Gasteiger partial charge in [-0.1, -0.05) is 6.07 Å². The highest BCUT2D eigenvalue weighted by Crippen LogP contribution is 2.20. The predicted molar refractivity (Wildman–Crippen MR) is 80.8 cm³/mol. The fourth-order valence-electron chi connectivity index (χ4n) is 1.74. The van der Waals surface area contributed by atoms with Gasteiger partial charge < -0.3 is 4.90 Å². The minimum Gasteiger partial charge on any atom is -0.333 e. The number of aromatic nitrogens is 1. The number of pyridine rings is 1. The van der Waals surface area contributed by atoms with E-state index in [1.165, 1.54) is 11.3 Å². The van der Waals surface area contributed by atoms with Gasteiger partial charge in [-0.15, -0.1) is 24.0 Å². The van der Waals surface area contributed by atoms with Crippen LogP contribution in [0.3, 0.4) is 0 Å². The fourth-order valence-corrected chi connectivity index (χ4v) is 2.86. The van der Waals surface area contributed by atoms with Crippen LogP contribution in [0.4, 0.5) is 0 Å². The van der Waals surface area contributed by atoms with E-state index in [4.69, 9.17) is 5.26 Å². The van der Waals surface area contributed by atoms with Gasteiger partial charge in [-0.3, -0.25) is 9.78 Å². The van der Waals surface area contributed by atoms with E-state index in [1.54, 1.807) is 23.4 Å². The molecule has 2 heterocycles. The van der Waals surface area contributed by atoms with E-state index in [2.05, 4.69) is 23.7 Å². The van der Waals surface area contributed by atoms with Crippen molar-refractivity contribution in [3.8, 4) is 6.07 Å². The first-order valence-corrected chi connectivity index (χ1v) is 7.36. The van der Waals surface area contributed by atoms with Gasteiger partial charge >= 0.3 is 0 Å². The average Bonchev–Trinajstić information content (AvgIpc) is 2.90. The van der Waals surface area contributed by atoms with Crippen molar-refractivity contribution in [2.75, 3.05) is 6.54 Å². The molecule has 2 aromatic rings. The quantitative estimate of drug-likeness (QED) is 0.864. The Hall–Kier alpha value is -1.84. The monoisotopic (exact) mass is 303 g/mol. The molecule has 0 aliphatic carbocycles. The summed E-state index contributed by atoms with van der Waals surface area (Å²) in [5, 5.41) is 10.6. The molecule has 0 unspecified atom stereocenters. The molecular formula is C14H13N3OS2. The van der Waals surface area contributed by atoms with Gasteiger partial charge in [0.15, 0.2) is 0 Å². The van der Waals surface area contributed by atoms with Crippen LogP contribution in [-0.2, 0) is 6.54 Å². The molecule has 1 amide bonds. The highest BCUT2D eigenvalue weighted by molar-refractivity contribution is 7.80. The first-order chi connectivity index (χ1) is 9.70. The third kappa shape index (κ3) is 3.83. The molecular weight excluding hydrogens is 290 g/mol. The van der Waals surface area contributed by atoms with Gasteiger partial charge in [0.05, 0.1) is 17.4 Å². The van der Waals surface area contributed by atoms with E-state index in [9.17, 15) is 4.79 Å². The summed E-state index contributed by atoms with van der Waals surface area (Å²) in [5.74, 6) is -0.0746. The Morgan fingerprint density at radius 2 is 2.40 bits per heavy atom. The normalized spacial score (nSPS) is 10.0. The molecule has 20 heavy (non-hydrogen) atoms. The summed E-state index contributed by atoms with van der Waals surface area (Å²) in [7, 11) is 0. The van der Waals surface area contributed by atoms with E-state index < -0.39 is 0 Å². The predicted octanol–water partition coefficient (Wildman–Crippen LogP) is 2.99. The van der Waals surface area contributed by atoms with Gasteiger partial charge in [0.25, 0.3) is 5.91 Å². The first-order valence-electron chi connectivity index (χ1n) is 6.03. The van der Waals surface area contributed by atoms with Gasteiger partial charge in [0, 0.05) is 35.8 Å². The van der Waals surface area contributed by atoms with Crippen LogP contribution >= 0.6 is 24.0 Å². The number of hydrogen-bond donors (Lipinski definition) is 1. The van der Waals surface area contributed by atoms with E-state index in [0.717, 1.165) is 10.5 Å². The largest absolute Gasteiger partial charge is 0.333 e. The summed E-state index contributed by atoms with van der Waals surface area (Å²) in [6, 6.07) is 7.57. The number of amides is 1. The van der Waals surface area contributed by atoms with E-state index in [0.29, 0.717) is 24.4 Å².